The summed E-state index contributed by atoms with van der Waals surface area (Å²) < 4.78 is 6.88. The van der Waals surface area contributed by atoms with Gasteiger partial charge in [-0.25, -0.2) is 9.55 Å². The van der Waals surface area contributed by atoms with Gasteiger partial charge in [0.1, 0.15) is 19.6 Å². The Bertz CT molecular complexity index is 3010. The summed E-state index contributed by atoms with van der Waals surface area (Å²) in [5.41, 5.74) is 13.0. The second-order valence-electron chi connectivity index (χ2n) is 15.2. The number of nitrogens with zero attached hydrogens (tertiary/aromatic N) is 4. The SMILES string of the molecule is Cn1[cH+]n(-c2cccc([Si](C)(C)c3ccc4c5ccccc5n(-c5cc(-c6c(-c7ccccc7)cccc6-c6ccccc6)ccn5)c4c3)c2)c2ccccc21. The minimum atomic E-state index is -2.18. The fourth-order valence-electron chi connectivity index (χ4n) is 8.56. The highest BCUT2D eigenvalue weighted by molar-refractivity contribution is 7.00. The third kappa shape index (κ3) is 5.59. The first kappa shape index (κ1) is 33.7. The molecule has 3 heterocycles. The maximum atomic E-state index is 5.10. The summed E-state index contributed by atoms with van der Waals surface area (Å²) in [4.78, 5) is 5.10. The second-order valence-corrected chi connectivity index (χ2v) is 19.6. The van der Waals surface area contributed by atoms with E-state index in [1.807, 2.05) is 6.20 Å². The van der Waals surface area contributed by atoms with E-state index in [0.29, 0.717) is 0 Å². The minimum Gasteiger partial charge on any atom is -0.294 e. The Morgan fingerprint density at radius 3 is 1.82 bits per heavy atom. The molecule has 3 aromatic heterocycles. The van der Waals surface area contributed by atoms with Gasteiger partial charge >= 0.3 is 0 Å². The molecule has 0 atom stereocenters. The molecule has 10 aromatic rings. The molecule has 0 bridgehead atoms. The number of para-hydroxylation sites is 3. The molecule has 0 fully saturated rings. The zero-order chi connectivity index (χ0) is 37.8. The van der Waals surface area contributed by atoms with Gasteiger partial charge in [-0.1, -0.05) is 140 Å². The molecular weight excluding hydrogens is 697 g/mol. The van der Waals surface area contributed by atoms with Crippen LogP contribution >= 0.6 is 0 Å². The normalized spacial score (nSPS) is 11.8. The van der Waals surface area contributed by atoms with E-state index in [1.54, 1.807) is 0 Å². The lowest BCUT2D eigenvalue weighted by Crippen LogP contribution is -2.52. The van der Waals surface area contributed by atoms with Crippen LogP contribution in [-0.4, -0.2) is 26.8 Å². The number of aryl methyl sites for hydroxylation is 1. The van der Waals surface area contributed by atoms with Crippen molar-refractivity contribution in [1.82, 2.24) is 18.7 Å². The fourth-order valence-corrected chi connectivity index (χ4v) is 10.9. The van der Waals surface area contributed by atoms with Crippen molar-refractivity contribution in [2.24, 2.45) is 7.05 Å². The topological polar surface area (TPSA) is 27.7 Å². The van der Waals surface area contributed by atoms with Crippen molar-refractivity contribution in [3.05, 3.63) is 195 Å². The van der Waals surface area contributed by atoms with Crippen molar-refractivity contribution in [3.63, 3.8) is 0 Å². The lowest BCUT2D eigenvalue weighted by atomic mass is 9.88. The fraction of sp³-hybridized carbons (Fsp3) is 0.0588. The van der Waals surface area contributed by atoms with E-state index in [-0.39, 0.29) is 0 Å². The molecule has 7 aromatic carbocycles. The molecule has 0 aliphatic heterocycles. The number of benzene rings is 7. The van der Waals surface area contributed by atoms with Crippen LogP contribution < -0.4 is 10.4 Å². The molecule has 0 spiro atoms. The van der Waals surface area contributed by atoms with Crippen molar-refractivity contribution < 1.29 is 0 Å². The summed E-state index contributed by atoms with van der Waals surface area (Å²) in [7, 11) is -0.0623. The third-order valence-electron chi connectivity index (χ3n) is 11.5. The third-order valence-corrected chi connectivity index (χ3v) is 15.1. The Hall–Kier alpha value is -6.82. The van der Waals surface area contributed by atoms with Gasteiger partial charge in [0.05, 0.1) is 11.0 Å². The molecule has 4 nitrogen and oxygen atoms in total. The molecule has 0 N–H and O–H groups in total. The second kappa shape index (κ2) is 13.5. The molecule has 0 saturated carbocycles. The van der Waals surface area contributed by atoms with Gasteiger partial charge in [0.25, 0.3) is 0 Å². The molecule has 0 unspecified atom stereocenters. The van der Waals surface area contributed by atoms with Crippen molar-refractivity contribution in [3.8, 4) is 44.9 Å². The van der Waals surface area contributed by atoms with Crippen molar-refractivity contribution in [2.75, 3.05) is 0 Å². The molecule has 56 heavy (non-hydrogen) atoms. The Morgan fingerprint density at radius 1 is 0.482 bits per heavy atom. The molecule has 0 amide bonds. The maximum absolute atomic E-state index is 5.10. The first-order valence-electron chi connectivity index (χ1n) is 19.3. The number of hydrogen-bond donors (Lipinski definition) is 0. The predicted molar refractivity (Wildman–Crippen MR) is 238 cm³/mol. The molecule has 10 rings (SSSR count). The number of imidazole rings is 1. The number of aromatic nitrogens is 4. The summed E-state index contributed by atoms with van der Waals surface area (Å²) >= 11 is 0. The maximum Gasteiger partial charge on any atom is 0.191 e. The van der Waals surface area contributed by atoms with Crippen molar-refractivity contribution in [1.29, 1.82) is 0 Å². The van der Waals surface area contributed by atoms with Gasteiger partial charge < -0.3 is 0 Å². The van der Waals surface area contributed by atoms with Gasteiger partial charge in [-0.05, 0) is 75.0 Å². The highest BCUT2D eigenvalue weighted by atomic mass is 28.3. The standard InChI is InChI=1S/C51H41N4Si/c1-53-35-54(48-27-13-12-26-47(48)53)39-20-14-21-40(33-39)56(2,3)41-28-29-45-44-22-10-11-25-46(44)55(49(45)34-41)50-32-38(30-31-52-50)51-42(36-16-6-4-7-17-36)23-15-24-43(51)37-18-8-5-9-19-37/h4-35H,1-3H3/q+1. The minimum absolute atomic E-state index is 0.904. The number of rotatable bonds is 7. The van der Waals surface area contributed by atoms with Crippen molar-refractivity contribution >= 4 is 51.3 Å². The van der Waals surface area contributed by atoms with E-state index >= 15 is 0 Å². The lowest BCUT2D eigenvalue weighted by Gasteiger charge is -2.24. The lowest BCUT2D eigenvalue weighted by molar-refractivity contribution is 0.911. The molecule has 0 aliphatic rings. The van der Waals surface area contributed by atoms with E-state index < -0.39 is 8.07 Å². The summed E-state index contributed by atoms with van der Waals surface area (Å²) in [5, 5.41) is 5.23. The average molecular weight is 738 g/mol. The van der Waals surface area contributed by atoms with Crippen LogP contribution in [0.2, 0.25) is 13.1 Å². The Morgan fingerprint density at radius 2 is 1.09 bits per heavy atom. The van der Waals surface area contributed by atoms with Crippen LogP contribution in [0.4, 0.5) is 0 Å². The van der Waals surface area contributed by atoms with Gasteiger partial charge in [-0.2, -0.15) is 4.57 Å². The van der Waals surface area contributed by atoms with Gasteiger partial charge in [0.15, 0.2) is 17.4 Å². The molecule has 5 heteroatoms. The molecule has 0 saturated heterocycles. The zero-order valence-electron chi connectivity index (χ0n) is 31.8. The van der Waals surface area contributed by atoms with Crippen LogP contribution in [0.15, 0.2) is 195 Å². The van der Waals surface area contributed by atoms with Crippen LogP contribution in [0.3, 0.4) is 0 Å². The predicted octanol–water partition coefficient (Wildman–Crippen LogP) is 11.6. The highest BCUT2D eigenvalue weighted by Gasteiger charge is 2.29. The summed E-state index contributed by atoms with van der Waals surface area (Å²) in [6.07, 6.45) is 4.16. The molecular formula is C51H41N4Si+. The summed E-state index contributed by atoms with van der Waals surface area (Å²) in [5.74, 6) is 0.904. The van der Waals surface area contributed by atoms with Crippen LogP contribution in [0.25, 0.3) is 77.7 Å². The van der Waals surface area contributed by atoms with Crippen molar-refractivity contribution in [2.45, 2.75) is 13.1 Å². The average Bonchev–Trinajstić information content (AvgIpc) is 3.78. The van der Waals surface area contributed by atoms with E-state index in [0.717, 1.165) is 16.9 Å². The first-order chi connectivity index (χ1) is 27.5. The van der Waals surface area contributed by atoms with E-state index in [2.05, 4.69) is 222 Å². The van der Waals surface area contributed by atoms with Gasteiger partial charge in [-0.3, -0.25) is 4.57 Å². The van der Waals surface area contributed by atoms with Crippen LogP contribution in [0, 0.1) is 0 Å². The van der Waals surface area contributed by atoms with Gasteiger partial charge in [0, 0.05) is 48.3 Å². The Labute approximate surface area is 328 Å². The smallest absolute Gasteiger partial charge is 0.191 e. The van der Waals surface area contributed by atoms with E-state index in [4.69, 9.17) is 4.98 Å². The molecule has 0 aliphatic carbocycles. The largest absolute Gasteiger partial charge is 0.294 e. The quantitative estimate of drug-likeness (QED) is 0.118. The molecule has 0 radical (unpaired) electrons. The van der Waals surface area contributed by atoms with E-state index in [1.165, 1.54) is 71.2 Å². The zero-order valence-corrected chi connectivity index (χ0v) is 32.8. The summed E-state index contributed by atoms with van der Waals surface area (Å²) in [6, 6.07) is 66.2. The van der Waals surface area contributed by atoms with E-state index in [9.17, 15) is 0 Å². The van der Waals surface area contributed by atoms with Crippen LogP contribution in [-0.2, 0) is 7.05 Å². The Kier molecular flexibility index (Phi) is 8.12. The monoisotopic (exact) mass is 737 g/mol. The number of pyridine rings is 1. The van der Waals surface area contributed by atoms with Crippen LogP contribution in [0.5, 0.6) is 0 Å². The number of hydrogen-bond acceptors (Lipinski definition) is 1. The highest BCUT2D eigenvalue weighted by Crippen LogP contribution is 2.41. The first-order valence-corrected chi connectivity index (χ1v) is 22.3. The van der Waals surface area contributed by atoms with Gasteiger partial charge in [0.2, 0.25) is 0 Å². The molecule has 268 valence electrons. The summed E-state index contributed by atoms with van der Waals surface area (Å²) in [6.45, 7) is 4.94. The Balaban J connectivity index is 1.14. The number of fused-ring (bicyclic) bond motifs is 4. The van der Waals surface area contributed by atoms with Gasteiger partial charge in [-0.15, -0.1) is 0 Å². The van der Waals surface area contributed by atoms with Crippen LogP contribution in [0.1, 0.15) is 0 Å².